The van der Waals surface area contributed by atoms with Crippen molar-refractivity contribution in [3.05, 3.63) is 59.2 Å². The van der Waals surface area contributed by atoms with Crippen LogP contribution in [0.2, 0.25) is 0 Å². The smallest absolute Gasteiger partial charge is 0.366 e. The maximum Gasteiger partial charge on any atom is 0.416 e. The Morgan fingerprint density at radius 1 is 0.889 bits per heavy atom. The van der Waals surface area contributed by atoms with Gasteiger partial charge in [-0.3, -0.25) is 9.52 Å². The second-order valence-electron chi connectivity index (χ2n) is 5.29. The van der Waals surface area contributed by atoms with Crippen LogP contribution in [-0.4, -0.2) is 14.3 Å². The fraction of sp³-hybridized carbons (Fsp3) is 0.133. The van der Waals surface area contributed by atoms with E-state index in [-0.39, 0.29) is 29.4 Å². The minimum Gasteiger partial charge on any atom is -0.366 e. The molecule has 0 atom stereocenters. The van der Waals surface area contributed by atoms with E-state index in [0.717, 1.165) is 12.1 Å². The standard InChI is InChI=1S/C15H10F6N2O3S/c16-14(17,18)9-5-10(15(19,20)21)7-12(6-9)27(25,26)23-11-3-1-2-8(4-11)13(22)24/h1-7,23H,(H2,22,24). The maximum atomic E-state index is 12.9. The molecule has 146 valence electrons. The quantitative estimate of drug-likeness (QED) is 0.752. The first kappa shape index (κ1) is 20.6. The highest BCUT2D eigenvalue weighted by molar-refractivity contribution is 7.92. The molecule has 0 aliphatic heterocycles. The summed E-state index contributed by atoms with van der Waals surface area (Å²) in [5.74, 6) is -0.908. The summed E-state index contributed by atoms with van der Waals surface area (Å²) in [6.07, 6.45) is -10.4. The van der Waals surface area contributed by atoms with Crippen molar-refractivity contribution in [2.45, 2.75) is 17.2 Å². The number of primary amides is 1. The van der Waals surface area contributed by atoms with E-state index in [2.05, 4.69) is 0 Å². The highest BCUT2D eigenvalue weighted by Crippen LogP contribution is 2.37. The highest BCUT2D eigenvalue weighted by atomic mass is 32.2. The predicted molar refractivity (Wildman–Crippen MR) is 82.2 cm³/mol. The third-order valence-corrected chi connectivity index (χ3v) is 4.63. The molecule has 12 heteroatoms. The van der Waals surface area contributed by atoms with Gasteiger partial charge in [0.25, 0.3) is 10.0 Å². The number of nitrogens with two attached hydrogens (primary N) is 1. The van der Waals surface area contributed by atoms with Crippen molar-refractivity contribution >= 4 is 21.6 Å². The van der Waals surface area contributed by atoms with E-state index >= 15 is 0 Å². The molecule has 3 N–H and O–H groups in total. The van der Waals surface area contributed by atoms with E-state index in [1.54, 1.807) is 0 Å². The van der Waals surface area contributed by atoms with E-state index in [4.69, 9.17) is 5.73 Å². The topological polar surface area (TPSA) is 89.3 Å². The van der Waals surface area contributed by atoms with Gasteiger partial charge in [0.05, 0.1) is 16.0 Å². The van der Waals surface area contributed by atoms with Gasteiger partial charge in [0.15, 0.2) is 0 Å². The Bertz CT molecular complexity index is 952. The van der Waals surface area contributed by atoms with Crippen LogP contribution in [0.25, 0.3) is 0 Å². The number of nitrogens with one attached hydrogen (secondary N) is 1. The minimum atomic E-state index is -5.20. The molecule has 0 aliphatic carbocycles. The molecule has 0 radical (unpaired) electrons. The van der Waals surface area contributed by atoms with Crippen molar-refractivity contribution in [1.29, 1.82) is 0 Å². The fourth-order valence-electron chi connectivity index (χ4n) is 2.03. The lowest BCUT2D eigenvalue weighted by Gasteiger charge is -2.15. The minimum absolute atomic E-state index is 0.0789. The van der Waals surface area contributed by atoms with Crippen LogP contribution in [0.5, 0.6) is 0 Å². The van der Waals surface area contributed by atoms with Gasteiger partial charge in [0.2, 0.25) is 5.91 Å². The Labute approximate surface area is 148 Å². The van der Waals surface area contributed by atoms with Crippen LogP contribution in [0.3, 0.4) is 0 Å². The number of hydrogen-bond acceptors (Lipinski definition) is 3. The second-order valence-corrected chi connectivity index (χ2v) is 6.97. The Kier molecular flexibility index (Phi) is 5.14. The second kappa shape index (κ2) is 6.76. The van der Waals surface area contributed by atoms with Crippen molar-refractivity contribution in [3.63, 3.8) is 0 Å². The monoisotopic (exact) mass is 412 g/mol. The van der Waals surface area contributed by atoms with Crippen molar-refractivity contribution in [2.24, 2.45) is 5.73 Å². The lowest BCUT2D eigenvalue weighted by molar-refractivity contribution is -0.143. The van der Waals surface area contributed by atoms with Crippen molar-refractivity contribution in [2.75, 3.05) is 4.72 Å². The average molecular weight is 412 g/mol. The van der Waals surface area contributed by atoms with Gasteiger partial charge in [0.1, 0.15) is 0 Å². The van der Waals surface area contributed by atoms with E-state index in [1.165, 1.54) is 12.1 Å². The van der Waals surface area contributed by atoms with E-state index in [1.807, 2.05) is 4.72 Å². The number of hydrogen-bond donors (Lipinski definition) is 2. The molecular formula is C15H10F6N2O3S. The number of halogens is 6. The zero-order chi connectivity index (χ0) is 20.6. The Hall–Kier alpha value is -2.76. The van der Waals surface area contributed by atoms with Crippen LogP contribution in [0, 0.1) is 0 Å². The van der Waals surface area contributed by atoms with Gasteiger partial charge >= 0.3 is 12.4 Å². The lowest BCUT2D eigenvalue weighted by atomic mass is 10.1. The molecule has 0 heterocycles. The number of alkyl halides is 6. The van der Waals surface area contributed by atoms with Gasteiger partial charge < -0.3 is 5.73 Å². The summed E-state index contributed by atoms with van der Waals surface area (Å²) >= 11 is 0. The van der Waals surface area contributed by atoms with Crippen LogP contribution in [0.1, 0.15) is 21.5 Å². The molecule has 0 spiro atoms. The number of carbonyl (C=O) groups is 1. The first-order valence-corrected chi connectivity index (χ1v) is 8.40. The first-order valence-electron chi connectivity index (χ1n) is 6.92. The zero-order valence-electron chi connectivity index (χ0n) is 13.0. The predicted octanol–water partition coefficient (Wildman–Crippen LogP) is 3.62. The normalized spacial score (nSPS) is 12.7. The molecule has 2 aromatic rings. The number of rotatable bonds is 4. The number of sulfonamides is 1. The average Bonchev–Trinajstić information content (AvgIpc) is 2.52. The molecule has 0 bridgehead atoms. The van der Waals surface area contributed by atoms with Crippen LogP contribution in [0.15, 0.2) is 47.4 Å². The Balaban J connectivity index is 2.55. The molecule has 0 saturated carbocycles. The molecular weight excluding hydrogens is 402 g/mol. The highest BCUT2D eigenvalue weighted by Gasteiger charge is 2.38. The fourth-order valence-corrected chi connectivity index (χ4v) is 3.15. The molecule has 1 amide bonds. The van der Waals surface area contributed by atoms with Crippen molar-refractivity contribution in [1.82, 2.24) is 0 Å². The van der Waals surface area contributed by atoms with Gasteiger partial charge in [-0.1, -0.05) is 6.07 Å². The van der Waals surface area contributed by atoms with Crippen molar-refractivity contribution < 1.29 is 39.6 Å². The number of anilines is 1. The Morgan fingerprint density at radius 3 is 1.85 bits per heavy atom. The zero-order valence-corrected chi connectivity index (χ0v) is 13.8. The third kappa shape index (κ3) is 4.90. The van der Waals surface area contributed by atoms with Crippen LogP contribution in [-0.2, 0) is 22.4 Å². The van der Waals surface area contributed by atoms with Gasteiger partial charge in [0, 0.05) is 11.3 Å². The van der Waals surface area contributed by atoms with Gasteiger partial charge in [-0.2, -0.15) is 26.3 Å². The summed E-state index contributed by atoms with van der Waals surface area (Å²) in [7, 11) is -4.82. The summed E-state index contributed by atoms with van der Waals surface area (Å²) in [5, 5.41) is 0. The first-order chi connectivity index (χ1) is 12.2. The molecule has 0 fully saturated rings. The molecule has 2 aromatic carbocycles. The SMILES string of the molecule is NC(=O)c1cccc(NS(=O)(=O)c2cc(C(F)(F)F)cc(C(F)(F)F)c2)c1. The summed E-state index contributed by atoms with van der Waals surface area (Å²) in [4.78, 5) is 9.85. The van der Waals surface area contributed by atoms with Crippen LogP contribution < -0.4 is 10.5 Å². The number of amides is 1. The molecule has 27 heavy (non-hydrogen) atoms. The Morgan fingerprint density at radius 2 is 1.41 bits per heavy atom. The van der Waals surface area contributed by atoms with Crippen LogP contribution in [0.4, 0.5) is 32.0 Å². The van der Waals surface area contributed by atoms with Crippen LogP contribution >= 0.6 is 0 Å². The molecule has 5 nitrogen and oxygen atoms in total. The van der Waals surface area contributed by atoms with E-state index in [0.29, 0.717) is 0 Å². The van der Waals surface area contributed by atoms with Crippen molar-refractivity contribution in [3.8, 4) is 0 Å². The van der Waals surface area contributed by atoms with Gasteiger partial charge in [-0.25, -0.2) is 8.42 Å². The number of benzene rings is 2. The molecule has 0 aromatic heterocycles. The third-order valence-electron chi connectivity index (χ3n) is 3.27. The van der Waals surface area contributed by atoms with E-state index < -0.39 is 44.3 Å². The largest absolute Gasteiger partial charge is 0.416 e. The molecule has 0 aliphatic rings. The summed E-state index contributed by atoms with van der Waals surface area (Å²) in [6, 6.07) is 4.57. The van der Waals surface area contributed by atoms with Gasteiger partial charge in [-0.05, 0) is 36.4 Å². The molecule has 0 saturated heterocycles. The molecule has 0 unspecified atom stereocenters. The van der Waals surface area contributed by atoms with E-state index in [9.17, 15) is 39.6 Å². The lowest BCUT2D eigenvalue weighted by Crippen LogP contribution is -2.18. The summed E-state index contributed by atoms with van der Waals surface area (Å²) < 4.78 is 104. The molecule has 2 rings (SSSR count). The van der Waals surface area contributed by atoms with Gasteiger partial charge in [-0.15, -0.1) is 0 Å². The number of carbonyl (C=O) groups excluding carboxylic acids is 1. The maximum absolute atomic E-state index is 12.9. The summed E-state index contributed by atoms with van der Waals surface area (Å²) in [5.41, 5.74) is 1.10. The summed E-state index contributed by atoms with van der Waals surface area (Å²) in [6.45, 7) is 0.